The molecule has 1 atom stereocenters. The number of pyridine rings is 1. The van der Waals surface area contributed by atoms with Gasteiger partial charge in [0.05, 0.1) is 12.2 Å². The SMILES string of the molecule is CN1CC2(CC(CCOc3ccccn3)CCO2)C1. The van der Waals surface area contributed by atoms with Crippen LogP contribution < -0.4 is 4.74 Å². The van der Waals surface area contributed by atoms with E-state index in [2.05, 4.69) is 16.9 Å². The Hall–Kier alpha value is -1.13. The van der Waals surface area contributed by atoms with Gasteiger partial charge in [-0.1, -0.05) is 6.07 Å². The van der Waals surface area contributed by atoms with E-state index in [0.29, 0.717) is 0 Å². The molecule has 0 N–H and O–H groups in total. The molecule has 1 aromatic heterocycles. The molecule has 1 spiro atoms. The molecule has 104 valence electrons. The van der Waals surface area contributed by atoms with Crippen LogP contribution in [0.4, 0.5) is 0 Å². The molecule has 2 aliphatic rings. The van der Waals surface area contributed by atoms with Crippen molar-refractivity contribution < 1.29 is 9.47 Å². The van der Waals surface area contributed by atoms with Gasteiger partial charge in [0.2, 0.25) is 5.88 Å². The Morgan fingerprint density at radius 1 is 1.47 bits per heavy atom. The minimum atomic E-state index is 0.155. The Labute approximate surface area is 114 Å². The lowest BCUT2D eigenvalue weighted by molar-refractivity contribution is -0.172. The smallest absolute Gasteiger partial charge is 0.213 e. The highest BCUT2D eigenvalue weighted by Gasteiger charge is 2.45. The normalized spacial score (nSPS) is 26.1. The Kier molecular flexibility index (Phi) is 3.71. The summed E-state index contributed by atoms with van der Waals surface area (Å²) in [5.41, 5.74) is 0.155. The van der Waals surface area contributed by atoms with E-state index in [1.54, 1.807) is 6.20 Å². The number of likely N-dealkylation sites (tertiary alicyclic amines) is 1. The maximum atomic E-state index is 5.97. The fourth-order valence-electron chi connectivity index (χ4n) is 3.30. The molecule has 0 radical (unpaired) electrons. The summed E-state index contributed by atoms with van der Waals surface area (Å²) in [6.07, 6.45) is 5.22. The summed E-state index contributed by atoms with van der Waals surface area (Å²) in [4.78, 5) is 6.50. The molecule has 2 fully saturated rings. The number of hydrogen-bond donors (Lipinski definition) is 0. The molecule has 0 amide bonds. The van der Waals surface area contributed by atoms with Gasteiger partial charge >= 0.3 is 0 Å². The zero-order chi connectivity index (χ0) is 13.1. The van der Waals surface area contributed by atoms with Crippen molar-refractivity contribution in [2.45, 2.75) is 24.9 Å². The van der Waals surface area contributed by atoms with Crippen LogP contribution in [0.3, 0.4) is 0 Å². The van der Waals surface area contributed by atoms with Gasteiger partial charge in [0, 0.05) is 32.0 Å². The third kappa shape index (κ3) is 3.07. The summed E-state index contributed by atoms with van der Waals surface area (Å²) in [6, 6.07) is 5.77. The Bertz CT molecular complexity index is 398. The third-order valence-corrected chi connectivity index (χ3v) is 4.12. The molecule has 19 heavy (non-hydrogen) atoms. The second-order valence-corrected chi connectivity index (χ2v) is 5.87. The van der Waals surface area contributed by atoms with E-state index in [1.165, 1.54) is 6.42 Å². The largest absolute Gasteiger partial charge is 0.478 e. The van der Waals surface area contributed by atoms with Crippen molar-refractivity contribution in [2.24, 2.45) is 5.92 Å². The maximum Gasteiger partial charge on any atom is 0.213 e. The van der Waals surface area contributed by atoms with Gasteiger partial charge in [-0.15, -0.1) is 0 Å². The first-order valence-corrected chi connectivity index (χ1v) is 7.12. The van der Waals surface area contributed by atoms with Crippen LogP contribution >= 0.6 is 0 Å². The predicted octanol–water partition coefficient (Wildman–Crippen LogP) is 1.96. The van der Waals surface area contributed by atoms with Gasteiger partial charge in [-0.2, -0.15) is 0 Å². The van der Waals surface area contributed by atoms with Gasteiger partial charge in [-0.25, -0.2) is 4.98 Å². The molecular formula is C15H22N2O2. The average Bonchev–Trinajstić information content (AvgIpc) is 2.39. The van der Waals surface area contributed by atoms with Gasteiger partial charge < -0.3 is 14.4 Å². The fourth-order valence-corrected chi connectivity index (χ4v) is 3.30. The molecule has 0 saturated carbocycles. The summed E-state index contributed by atoms with van der Waals surface area (Å²) in [7, 11) is 2.16. The minimum Gasteiger partial charge on any atom is -0.478 e. The number of nitrogens with zero attached hydrogens (tertiary/aromatic N) is 2. The van der Waals surface area contributed by atoms with Crippen LogP contribution in [0.1, 0.15) is 19.3 Å². The summed E-state index contributed by atoms with van der Waals surface area (Å²) in [6.45, 7) is 3.84. The van der Waals surface area contributed by atoms with E-state index in [0.717, 1.165) is 50.9 Å². The van der Waals surface area contributed by atoms with Gasteiger partial charge in [0.1, 0.15) is 0 Å². The monoisotopic (exact) mass is 262 g/mol. The van der Waals surface area contributed by atoms with Crippen molar-refractivity contribution in [3.63, 3.8) is 0 Å². The van der Waals surface area contributed by atoms with Crippen molar-refractivity contribution in [3.8, 4) is 5.88 Å². The highest BCUT2D eigenvalue weighted by Crippen LogP contribution is 2.37. The lowest BCUT2D eigenvalue weighted by Crippen LogP contribution is -2.63. The molecule has 0 bridgehead atoms. The summed E-state index contributed by atoms with van der Waals surface area (Å²) >= 11 is 0. The summed E-state index contributed by atoms with van der Waals surface area (Å²) in [5.74, 6) is 1.46. The number of ether oxygens (including phenoxy) is 2. The standard InChI is InChI=1S/C15H22N2O2/c1-17-11-15(12-17)10-13(6-9-19-15)5-8-18-14-4-2-3-7-16-14/h2-4,7,13H,5-6,8-12H2,1H3. The average molecular weight is 262 g/mol. The molecule has 4 nitrogen and oxygen atoms in total. The van der Waals surface area contributed by atoms with Crippen LogP contribution in [-0.4, -0.2) is 48.8 Å². The molecule has 0 aromatic carbocycles. The molecule has 3 heterocycles. The van der Waals surface area contributed by atoms with Crippen molar-refractivity contribution in [1.82, 2.24) is 9.88 Å². The molecular weight excluding hydrogens is 240 g/mol. The third-order valence-electron chi connectivity index (χ3n) is 4.12. The van der Waals surface area contributed by atoms with Crippen LogP contribution in [0.2, 0.25) is 0 Å². The Balaban J connectivity index is 1.43. The summed E-state index contributed by atoms with van der Waals surface area (Å²) < 4.78 is 11.7. The lowest BCUT2D eigenvalue weighted by Gasteiger charge is -2.52. The zero-order valence-corrected chi connectivity index (χ0v) is 11.5. The quantitative estimate of drug-likeness (QED) is 0.831. The molecule has 2 aliphatic heterocycles. The number of rotatable bonds is 4. The topological polar surface area (TPSA) is 34.6 Å². The molecule has 0 aliphatic carbocycles. The molecule has 4 heteroatoms. The van der Waals surface area contributed by atoms with Crippen molar-refractivity contribution in [1.29, 1.82) is 0 Å². The van der Waals surface area contributed by atoms with Gasteiger partial charge in [-0.3, -0.25) is 0 Å². The second-order valence-electron chi connectivity index (χ2n) is 5.87. The fraction of sp³-hybridized carbons (Fsp3) is 0.667. The van der Waals surface area contributed by atoms with E-state index in [9.17, 15) is 0 Å². The van der Waals surface area contributed by atoms with Crippen molar-refractivity contribution >= 4 is 0 Å². The first kappa shape index (κ1) is 12.9. The molecule has 1 unspecified atom stereocenters. The minimum absolute atomic E-state index is 0.155. The predicted molar refractivity (Wildman–Crippen MR) is 73.3 cm³/mol. The van der Waals surface area contributed by atoms with Crippen molar-refractivity contribution in [3.05, 3.63) is 24.4 Å². The number of likely N-dealkylation sites (N-methyl/N-ethyl adjacent to an activating group) is 1. The van der Waals surface area contributed by atoms with Crippen LogP contribution in [0.5, 0.6) is 5.88 Å². The van der Waals surface area contributed by atoms with Crippen LogP contribution in [-0.2, 0) is 4.74 Å². The number of hydrogen-bond acceptors (Lipinski definition) is 4. The summed E-state index contributed by atoms with van der Waals surface area (Å²) in [5, 5.41) is 0. The molecule has 2 saturated heterocycles. The lowest BCUT2D eigenvalue weighted by atomic mass is 9.79. The van der Waals surface area contributed by atoms with E-state index in [-0.39, 0.29) is 5.60 Å². The van der Waals surface area contributed by atoms with E-state index >= 15 is 0 Å². The van der Waals surface area contributed by atoms with Gasteiger partial charge in [0.25, 0.3) is 0 Å². The number of aromatic nitrogens is 1. The van der Waals surface area contributed by atoms with Gasteiger partial charge in [-0.05, 0) is 38.3 Å². The van der Waals surface area contributed by atoms with E-state index < -0.39 is 0 Å². The van der Waals surface area contributed by atoms with Crippen LogP contribution in [0, 0.1) is 5.92 Å². The van der Waals surface area contributed by atoms with E-state index in [4.69, 9.17) is 9.47 Å². The van der Waals surface area contributed by atoms with Crippen LogP contribution in [0.25, 0.3) is 0 Å². The zero-order valence-electron chi connectivity index (χ0n) is 11.5. The Morgan fingerprint density at radius 3 is 3.11 bits per heavy atom. The van der Waals surface area contributed by atoms with Crippen molar-refractivity contribution in [2.75, 3.05) is 33.4 Å². The van der Waals surface area contributed by atoms with Gasteiger partial charge in [0.15, 0.2) is 0 Å². The van der Waals surface area contributed by atoms with Crippen LogP contribution in [0.15, 0.2) is 24.4 Å². The first-order chi connectivity index (χ1) is 9.26. The highest BCUT2D eigenvalue weighted by atomic mass is 16.5. The second kappa shape index (κ2) is 5.47. The first-order valence-electron chi connectivity index (χ1n) is 7.12. The maximum absolute atomic E-state index is 5.97. The highest BCUT2D eigenvalue weighted by molar-refractivity contribution is 5.09. The van der Waals surface area contributed by atoms with E-state index in [1.807, 2.05) is 18.2 Å². The Morgan fingerprint density at radius 2 is 2.37 bits per heavy atom. The molecule has 3 rings (SSSR count). The molecule has 1 aromatic rings.